The van der Waals surface area contributed by atoms with Gasteiger partial charge in [0.2, 0.25) is 11.8 Å². The number of phenolic OH excluding ortho intramolecular Hbond substituents is 1. The van der Waals surface area contributed by atoms with Crippen molar-refractivity contribution in [1.82, 2.24) is 14.7 Å². The zero-order valence-electron chi connectivity index (χ0n) is 16.6. The number of hydrogen-bond donors (Lipinski definition) is 1. The van der Waals surface area contributed by atoms with Gasteiger partial charge in [0, 0.05) is 63.7 Å². The van der Waals surface area contributed by atoms with Crippen LogP contribution >= 0.6 is 0 Å². The molecule has 3 aliphatic heterocycles. The lowest BCUT2D eigenvalue weighted by Gasteiger charge is -2.47. The van der Waals surface area contributed by atoms with Crippen LogP contribution in [-0.4, -0.2) is 70.4 Å². The van der Waals surface area contributed by atoms with Crippen LogP contribution in [-0.2, 0) is 16.1 Å². The van der Waals surface area contributed by atoms with Crippen LogP contribution in [0.4, 0.5) is 0 Å². The van der Waals surface area contributed by atoms with Crippen molar-refractivity contribution in [3.05, 3.63) is 29.8 Å². The second-order valence-electron chi connectivity index (χ2n) is 8.44. The van der Waals surface area contributed by atoms with Crippen molar-refractivity contribution in [2.75, 3.05) is 32.7 Å². The molecule has 2 amide bonds. The third-order valence-corrected chi connectivity index (χ3v) is 6.61. The molecular formula is C22H31N3O3. The molecule has 0 aliphatic carbocycles. The quantitative estimate of drug-likeness (QED) is 0.816. The number of aromatic hydroxyl groups is 1. The molecule has 2 atom stereocenters. The molecule has 28 heavy (non-hydrogen) atoms. The van der Waals surface area contributed by atoms with Crippen LogP contribution < -0.4 is 0 Å². The smallest absolute Gasteiger partial charge is 0.222 e. The van der Waals surface area contributed by atoms with Crippen molar-refractivity contribution in [3.63, 3.8) is 0 Å². The molecule has 0 radical (unpaired) electrons. The van der Waals surface area contributed by atoms with Gasteiger partial charge in [-0.2, -0.15) is 0 Å². The van der Waals surface area contributed by atoms with Crippen molar-refractivity contribution in [3.8, 4) is 5.75 Å². The van der Waals surface area contributed by atoms with Crippen LogP contribution in [0.1, 0.15) is 44.1 Å². The summed E-state index contributed by atoms with van der Waals surface area (Å²) in [6.45, 7) is 5.11. The first kappa shape index (κ1) is 19.2. The highest BCUT2D eigenvalue weighted by atomic mass is 16.3. The van der Waals surface area contributed by atoms with E-state index in [0.717, 1.165) is 70.5 Å². The maximum absolute atomic E-state index is 12.6. The zero-order chi connectivity index (χ0) is 19.5. The number of carbonyl (C=O) groups is 2. The summed E-state index contributed by atoms with van der Waals surface area (Å²) >= 11 is 0. The Labute approximate surface area is 167 Å². The summed E-state index contributed by atoms with van der Waals surface area (Å²) in [5.41, 5.74) is 0.972. The second-order valence-corrected chi connectivity index (χ2v) is 8.44. The van der Waals surface area contributed by atoms with E-state index in [1.165, 1.54) is 0 Å². The van der Waals surface area contributed by atoms with E-state index in [-0.39, 0.29) is 11.8 Å². The molecule has 0 aromatic heterocycles. The minimum Gasteiger partial charge on any atom is -0.508 e. The van der Waals surface area contributed by atoms with Crippen molar-refractivity contribution >= 4 is 11.8 Å². The molecule has 0 spiro atoms. The van der Waals surface area contributed by atoms with Crippen LogP contribution in [0.15, 0.2) is 24.3 Å². The molecule has 4 rings (SSSR count). The summed E-state index contributed by atoms with van der Waals surface area (Å²) in [5.74, 6) is 1.41. The number of hydrogen-bond acceptors (Lipinski definition) is 4. The highest BCUT2D eigenvalue weighted by Gasteiger charge is 2.39. The predicted octanol–water partition coefficient (Wildman–Crippen LogP) is 2.22. The molecule has 0 bridgehead atoms. The van der Waals surface area contributed by atoms with E-state index in [4.69, 9.17) is 0 Å². The first-order chi connectivity index (χ1) is 13.6. The van der Waals surface area contributed by atoms with Crippen LogP contribution in [0, 0.1) is 5.92 Å². The average molecular weight is 386 g/mol. The minimum absolute atomic E-state index is 0.264. The third-order valence-electron chi connectivity index (χ3n) is 6.61. The van der Waals surface area contributed by atoms with E-state index in [1.54, 1.807) is 6.07 Å². The number of likely N-dealkylation sites (tertiary alicyclic amines) is 3. The van der Waals surface area contributed by atoms with Gasteiger partial charge in [0.25, 0.3) is 0 Å². The van der Waals surface area contributed by atoms with Gasteiger partial charge in [-0.05, 0) is 37.7 Å². The Morgan fingerprint density at radius 2 is 1.86 bits per heavy atom. The normalized spacial score (nSPS) is 26.0. The molecule has 6 nitrogen and oxygen atoms in total. The van der Waals surface area contributed by atoms with E-state index in [2.05, 4.69) is 9.80 Å². The van der Waals surface area contributed by atoms with Gasteiger partial charge in [-0.25, -0.2) is 0 Å². The molecule has 1 aromatic carbocycles. The summed E-state index contributed by atoms with van der Waals surface area (Å²) in [6.07, 6.45) is 5.12. The lowest BCUT2D eigenvalue weighted by Crippen LogP contribution is -2.56. The molecule has 152 valence electrons. The van der Waals surface area contributed by atoms with Gasteiger partial charge < -0.3 is 14.9 Å². The van der Waals surface area contributed by atoms with Gasteiger partial charge >= 0.3 is 0 Å². The number of piperidine rings is 2. The largest absolute Gasteiger partial charge is 0.508 e. The average Bonchev–Trinajstić information content (AvgIpc) is 3.10. The molecule has 1 N–H and O–H groups in total. The Hall–Kier alpha value is -2.08. The maximum atomic E-state index is 12.6. The Morgan fingerprint density at radius 3 is 2.64 bits per heavy atom. The maximum Gasteiger partial charge on any atom is 0.222 e. The predicted molar refractivity (Wildman–Crippen MR) is 107 cm³/mol. The fraction of sp³-hybridized carbons (Fsp3) is 0.636. The van der Waals surface area contributed by atoms with Gasteiger partial charge in [-0.15, -0.1) is 0 Å². The molecule has 0 unspecified atom stereocenters. The topological polar surface area (TPSA) is 64.1 Å². The standard InChI is InChI=1S/C22H31N3O3/c26-20-6-2-1-5-18(20)16-23-14-10-19-17(15-23)8-9-22(28)25(19)13-4-12-24-11-3-7-21(24)27/h1-2,5-6,17,19,26H,3-4,7-16H2/t17-,19+/m1/s1. The van der Waals surface area contributed by atoms with Gasteiger partial charge in [0.15, 0.2) is 0 Å². The fourth-order valence-corrected chi connectivity index (χ4v) is 5.12. The van der Waals surface area contributed by atoms with Crippen molar-refractivity contribution < 1.29 is 14.7 Å². The van der Waals surface area contributed by atoms with Crippen LogP contribution in [0.25, 0.3) is 0 Å². The lowest BCUT2D eigenvalue weighted by molar-refractivity contribution is -0.141. The molecule has 3 saturated heterocycles. The summed E-state index contributed by atoms with van der Waals surface area (Å²) in [5, 5.41) is 10.0. The van der Waals surface area contributed by atoms with E-state index < -0.39 is 0 Å². The van der Waals surface area contributed by atoms with Crippen molar-refractivity contribution in [2.24, 2.45) is 5.92 Å². The molecular weight excluding hydrogens is 354 g/mol. The number of para-hydroxylation sites is 1. The lowest BCUT2D eigenvalue weighted by atomic mass is 9.83. The summed E-state index contributed by atoms with van der Waals surface area (Å²) in [7, 11) is 0. The second kappa shape index (κ2) is 8.52. The van der Waals surface area contributed by atoms with Crippen molar-refractivity contribution in [2.45, 2.75) is 51.1 Å². The Bertz CT molecular complexity index is 723. The van der Waals surface area contributed by atoms with Gasteiger partial charge in [-0.1, -0.05) is 18.2 Å². The molecule has 1 aromatic rings. The highest BCUT2D eigenvalue weighted by molar-refractivity contribution is 5.78. The Morgan fingerprint density at radius 1 is 1.00 bits per heavy atom. The van der Waals surface area contributed by atoms with E-state index in [9.17, 15) is 14.7 Å². The van der Waals surface area contributed by atoms with Gasteiger partial charge in [-0.3, -0.25) is 14.5 Å². The number of amides is 2. The molecule has 0 saturated carbocycles. The van der Waals surface area contributed by atoms with Crippen LogP contribution in [0.3, 0.4) is 0 Å². The Kier molecular flexibility index (Phi) is 5.85. The number of phenols is 1. The number of benzene rings is 1. The summed E-state index contributed by atoms with van der Waals surface area (Å²) < 4.78 is 0. The monoisotopic (exact) mass is 385 g/mol. The van der Waals surface area contributed by atoms with Gasteiger partial charge in [0.1, 0.15) is 5.75 Å². The molecule has 3 heterocycles. The van der Waals surface area contributed by atoms with Crippen LogP contribution in [0.5, 0.6) is 5.75 Å². The minimum atomic E-state index is 0.264. The SMILES string of the molecule is O=C1CCCN1CCCN1C(=O)CC[C@@H]2CN(Cc3ccccc3O)CC[C@@H]21. The van der Waals surface area contributed by atoms with E-state index in [1.807, 2.05) is 23.1 Å². The highest BCUT2D eigenvalue weighted by Crippen LogP contribution is 2.32. The van der Waals surface area contributed by atoms with E-state index >= 15 is 0 Å². The number of rotatable bonds is 6. The Balaban J connectivity index is 1.32. The zero-order valence-corrected chi connectivity index (χ0v) is 16.6. The molecule has 6 heteroatoms. The number of carbonyl (C=O) groups excluding carboxylic acids is 2. The molecule has 3 aliphatic rings. The fourth-order valence-electron chi connectivity index (χ4n) is 5.12. The third kappa shape index (κ3) is 4.17. The van der Waals surface area contributed by atoms with Crippen LogP contribution in [0.2, 0.25) is 0 Å². The number of nitrogens with zero attached hydrogens (tertiary/aromatic N) is 3. The summed E-state index contributed by atoms with van der Waals surface area (Å²) in [6, 6.07) is 7.88. The van der Waals surface area contributed by atoms with E-state index in [0.29, 0.717) is 30.6 Å². The van der Waals surface area contributed by atoms with Gasteiger partial charge in [0.05, 0.1) is 0 Å². The number of fused-ring (bicyclic) bond motifs is 1. The van der Waals surface area contributed by atoms with Crippen molar-refractivity contribution in [1.29, 1.82) is 0 Å². The first-order valence-corrected chi connectivity index (χ1v) is 10.7. The summed E-state index contributed by atoms with van der Waals surface area (Å²) in [4.78, 5) is 30.8. The first-order valence-electron chi connectivity index (χ1n) is 10.7. The molecule has 3 fully saturated rings.